The van der Waals surface area contributed by atoms with E-state index in [2.05, 4.69) is 58.3 Å². The summed E-state index contributed by atoms with van der Waals surface area (Å²) in [5, 5.41) is 5.72. The zero-order valence-electron chi connectivity index (χ0n) is 21.7. The first kappa shape index (κ1) is 24.1. The van der Waals surface area contributed by atoms with Crippen molar-refractivity contribution < 1.29 is 9.53 Å². The van der Waals surface area contributed by atoms with Crippen LogP contribution in [-0.4, -0.2) is 74.9 Å². The maximum atomic E-state index is 14.0. The molecule has 7 nitrogen and oxygen atoms in total. The minimum Gasteiger partial charge on any atom is -0.373 e. The van der Waals surface area contributed by atoms with E-state index in [1.165, 1.54) is 0 Å². The highest BCUT2D eigenvalue weighted by Gasteiger charge is 2.35. The second kappa shape index (κ2) is 8.99. The van der Waals surface area contributed by atoms with Crippen LogP contribution in [0.1, 0.15) is 89.0 Å². The van der Waals surface area contributed by atoms with Gasteiger partial charge in [0.15, 0.2) is 5.65 Å². The van der Waals surface area contributed by atoms with E-state index in [9.17, 15) is 4.79 Å². The van der Waals surface area contributed by atoms with E-state index >= 15 is 0 Å². The molecule has 0 aromatic carbocycles. The number of hydrogen-bond donors (Lipinski definition) is 0. The molecule has 0 N–H and O–H groups in total. The lowest BCUT2D eigenvalue weighted by Gasteiger charge is -2.38. The molecule has 3 atom stereocenters. The molecule has 1 amide bonds. The SMILES string of the molecule is Cc1nn(C(C)(C)C)c2nc(C(C)C)cc(C(=O)N3CCCC3CN3CC(C)OC(C)C3)c12. The van der Waals surface area contributed by atoms with Gasteiger partial charge in [-0.3, -0.25) is 9.69 Å². The Morgan fingerprint density at radius 2 is 1.88 bits per heavy atom. The first-order valence-corrected chi connectivity index (χ1v) is 12.5. The van der Waals surface area contributed by atoms with Crippen molar-refractivity contribution in [2.75, 3.05) is 26.2 Å². The highest BCUT2D eigenvalue weighted by atomic mass is 16.5. The molecule has 0 aliphatic carbocycles. The average Bonchev–Trinajstić information content (AvgIpc) is 3.30. The number of hydrogen-bond acceptors (Lipinski definition) is 5. The van der Waals surface area contributed by atoms with Crippen molar-refractivity contribution in [3.8, 4) is 0 Å². The minimum absolute atomic E-state index is 0.123. The molecule has 2 fully saturated rings. The molecule has 2 aromatic rings. The fraction of sp³-hybridized carbons (Fsp3) is 0.731. The lowest BCUT2D eigenvalue weighted by Crippen LogP contribution is -2.51. The van der Waals surface area contributed by atoms with Crippen LogP contribution in [0.5, 0.6) is 0 Å². The van der Waals surface area contributed by atoms with Gasteiger partial charge < -0.3 is 9.64 Å². The number of aromatic nitrogens is 3. The molecule has 2 aliphatic heterocycles. The van der Waals surface area contributed by atoms with Crippen LogP contribution in [0.2, 0.25) is 0 Å². The topological polar surface area (TPSA) is 63.5 Å². The lowest BCUT2D eigenvalue weighted by molar-refractivity contribution is -0.0715. The first-order chi connectivity index (χ1) is 15.5. The molecule has 182 valence electrons. The molecular formula is C26H41N5O2. The molecule has 0 spiro atoms. The first-order valence-electron chi connectivity index (χ1n) is 12.5. The lowest BCUT2D eigenvalue weighted by atomic mass is 10.0. The highest BCUT2D eigenvalue weighted by molar-refractivity contribution is 6.06. The van der Waals surface area contributed by atoms with Crippen molar-refractivity contribution in [3.05, 3.63) is 23.0 Å². The van der Waals surface area contributed by atoms with Crippen LogP contribution in [0.3, 0.4) is 0 Å². The predicted octanol–water partition coefficient (Wildman–Crippen LogP) is 4.33. The summed E-state index contributed by atoms with van der Waals surface area (Å²) in [4.78, 5) is 23.6. The Balaban J connectivity index is 1.70. The average molecular weight is 456 g/mol. The molecule has 4 heterocycles. The zero-order chi connectivity index (χ0) is 24.1. The number of ether oxygens (including phenoxy) is 1. The Morgan fingerprint density at radius 3 is 2.48 bits per heavy atom. The summed E-state index contributed by atoms with van der Waals surface area (Å²) >= 11 is 0. The summed E-state index contributed by atoms with van der Waals surface area (Å²) in [7, 11) is 0. The third-order valence-corrected chi connectivity index (χ3v) is 6.89. The maximum Gasteiger partial charge on any atom is 0.255 e. The van der Waals surface area contributed by atoms with Gasteiger partial charge in [-0.25, -0.2) is 9.67 Å². The van der Waals surface area contributed by atoms with Gasteiger partial charge in [-0.05, 0) is 66.4 Å². The number of rotatable bonds is 4. The number of amides is 1. The summed E-state index contributed by atoms with van der Waals surface area (Å²) in [6, 6.07) is 2.25. The normalized spacial score (nSPS) is 24.9. The number of carbonyl (C=O) groups excluding carboxylic acids is 1. The molecule has 0 saturated carbocycles. The molecule has 4 rings (SSSR count). The van der Waals surface area contributed by atoms with E-state index in [4.69, 9.17) is 14.8 Å². The van der Waals surface area contributed by atoms with E-state index in [1.807, 2.05) is 17.7 Å². The number of morpholine rings is 1. The van der Waals surface area contributed by atoms with Crippen molar-refractivity contribution in [3.63, 3.8) is 0 Å². The third-order valence-electron chi connectivity index (χ3n) is 6.89. The summed E-state index contributed by atoms with van der Waals surface area (Å²) in [5.74, 6) is 0.355. The zero-order valence-corrected chi connectivity index (χ0v) is 21.7. The number of pyridine rings is 1. The third kappa shape index (κ3) is 4.80. The van der Waals surface area contributed by atoms with Crippen molar-refractivity contribution in [2.24, 2.45) is 0 Å². The molecule has 7 heteroatoms. The Kier molecular flexibility index (Phi) is 6.58. The molecule has 0 radical (unpaired) electrons. The van der Waals surface area contributed by atoms with Crippen LogP contribution in [0.4, 0.5) is 0 Å². The van der Waals surface area contributed by atoms with Crippen LogP contribution in [0, 0.1) is 6.92 Å². The Bertz CT molecular complexity index is 1010. The number of fused-ring (bicyclic) bond motifs is 1. The number of likely N-dealkylation sites (tertiary alicyclic amines) is 1. The van der Waals surface area contributed by atoms with Crippen LogP contribution in [0.15, 0.2) is 6.07 Å². The summed E-state index contributed by atoms with van der Waals surface area (Å²) in [6.07, 6.45) is 2.58. The monoisotopic (exact) mass is 455 g/mol. The molecule has 2 saturated heterocycles. The summed E-state index contributed by atoms with van der Waals surface area (Å²) < 4.78 is 7.90. The van der Waals surface area contributed by atoms with Crippen LogP contribution in [0.25, 0.3) is 11.0 Å². The quantitative estimate of drug-likeness (QED) is 0.687. The summed E-state index contributed by atoms with van der Waals surface area (Å²) in [5.41, 5.74) is 3.18. The van der Waals surface area contributed by atoms with Gasteiger partial charge in [-0.15, -0.1) is 0 Å². The van der Waals surface area contributed by atoms with E-state index in [1.54, 1.807) is 0 Å². The standard InChI is InChI=1S/C26H41N5O2/c1-16(2)22-12-21(23-19(5)28-31(24(23)27-22)26(6,7)8)25(32)30-11-9-10-20(30)15-29-13-17(3)33-18(4)14-29/h12,16-18,20H,9-11,13-15H2,1-8H3. The van der Waals surface area contributed by atoms with Gasteiger partial charge in [0, 0.05) is 37.9 Å². The number of aryl methyl sites for hydroxylation is 1. The van der Waals surface area contributed by atoms with Gasteiger partial charge in [0.1, 0.15) is 0 Å². The molecule has 2 aliphatic rings. The molecule has 2 aromatic heterocycles. The second-order valence-electron chi connectivity index (χ2n) is 11.4. The van der Waals surface area contributed by atoms with Crippen LogP contribution in [-0.2, 0) is 10.3 Å². The largest absolute Gasteiger partial charge is 0.373 e. The maximum absolute atomic E-state index is 14.0. The smallest absolute Gasteiger partial charge is 0.255 e. The fourth-order valence-corrected chi connectivity index (χ4v) is 5.42. The number of carbonyl (C=O) groups is 1. The van der Waals surface area contributed by atoms with E-state index in [0.29, 0.717) is 0 Å². The van der Waals surface area contributed by atoms with Crippen molar-refractivity contribution in [1.29, 1.82) is 0 Å². The number of nitrogens with zero attached hydrogens (tertiary/aromatic N) is 5. The Hall–Kier alpha value is -1.99. The van der Waals surface area contributed by atoms with Gasteiger partial charge in [-0.1, -0.05) is 13.8 Å². The Labute approximate surface area is 198 Å². The Morgan fingerprint density at radius 1 is 1.21 bits per heavy atom. The van der Waals surface area contributed by atoms with Crippen LogP contribution < -0.4 is 0 Å². The van der Waals surface area contributed by atoms with Crippen LogP contribution >= 0.6 is 0 Å². The van der Waals surface area contributed by atoms with Gasteiger partial charge in [0.05, 0.1) is 34.4 Å². The molecule has 33 heavy (non-hydrogen) atoms. The predicted molar refractivity (Wildman–Crippen MR) is 132 cm³/mol. The van der Waals surface area contributed by atoms with Gasteiger partial charge in [0.25, 0.3) is 5.91 Å². The van der Waals surface area contributed by atoms with Gasteiger partial charge in [-0.2, -0.15) is 5.10 Å². The molecule has 3 unspecified atom stereocenters. The van der Waals surface area contributed by atoms with Gasteiger partial charge in [0.2, 0.25) is 0 Å². The van der Waals surface area contributed by atoms with Gasteiger partial charge >= 0.3 is 0 Å². The summed E-state index contributed by atoms with van der Waals surface area (Å²) in [6.45, 7) is 20.5. The highest BCUT2D eigenvalue weighted by Crippen LogP contribution is 2.31. The van der Waals surface area contributed by atoms with Crippen molar-refractivity contribution in [2.45, 2.75) is 97.9 Å². The fourth-order valence-electron chi connectivity index (χ4n) is 5.42. The molecule has 0 bridgehead atoms. The minimum atomic E-state index is -0.213. The van der Waals surface area contributed by atoms with E-state index < -0.39 is 0 Å². The van der Waals surface area contributed by atoms with E-state index in [-0.39, 0.29) is 35.6 Å². The van der Waals surface area contributed by atoms with Crippen molar-refractivity contribution in [1.82, 2.24) is 24.6 Å². The second-order valence-corrected chi connectivity index (χ2v) is 11.4. The van der Waals surface area contributed by atoms with Crippen molar-refractivity contribution >= 4 is 16.9 Å². The van der Waals surface area contributed by atoms with E-state index in [0.717, 1.165) is 67.0 Å². The molecular weight excluding hydrogens is 414 g/mol.